The van der Waals surface area contributed by atoms with Gasteiger partial charge in [-0.1, -0.05) is 98.8 Å². The highest BCUT2D eigenvalue weighted by molar-refractivity contribution is 5.83. The van der Waals surface area contributed by atoms with Gasteiger partial charge in [0.05, 0.1) is 11.4 Å². The molecule has 0 radical (unpaired) electrons. The summed E-state index contributed by atoms with van der Waals surface area (Å²) in [4.78, 5) is 0. The van der Waals surface area contributed by atoms with Crippen LogP contribution in [0, 0.1) is 6.92 Å². The third kappa shape index (κ3) is 4.26. The van der Waals surface area contributed by atoms with Gasteiger partial charge >= 0.3 is 0 Å². The second-order valence-corrected chi connectivity index (χ2v) is 9.41. The fourth-order valence-electron chi connectivity index (χ4n) is 4.66. The first-order valence-electron chi connectivity index (χ1n) is 12.2. The summed E-state index contributed by atoms with van der Waals surface area (Å²) in [5.41, 5.74) is 9.48. The molecule has 0 spiro atoms. The molecule has 0 N–H and O–H groups in total. The maximum absolute atomic E-state index is 4.65. The first-order chi connectivity index (χ1) is 16.5. The molecule has 0 aliphatic carbocycles. The molecule has 4 aromatic carbocycles. The van der Waals surface area contributed by atoms with Crippen LogP contribution in [0.1, 0.15) is 54.6 Å². The molecule has 0 aliphatic heterocycles. The lowest BCUT2D eigenvalue weighted by Crippen LogP contribution is -2.05. The minimum Gasteiger partial charge on any atom is -0.217 e. The van der Waals surface area contributed by atoms with Crippen molar-refractivity contribution in [3.8, 4) is 16.9 Å². The smallest absolute Gasteiger partial charge is 0.116 e. The molecule has 3 nitrogen and oxygen atoms in total. The Morgan fingerprint density at radius 2 is 1.59 bits per heavy atom. The molecule has 0 fully saturated rings. The molecule has 3 heteroatoms. The van der Waals surface area contributed by atoms with Crippen molar-refractivity contribution in [1.29, 1.82) is 0 Å². The summed E-state index contributed by atoms with van der Waals surface area (Å²) in [5.74, 6) is 0.471. The molecule has 0 aliphatic rings. The van der Waals surface area contributed by atoms with E-state index >= 15 is 0 Å². The lowest BCUT2D eigenvalue weighted by atomic mass is 9.98. The van der Waals surface area contributed by atoms with E-state index in [0.717, 1.165) is 35.5 Å². The summed E-state index contributed by atoms with van der Waals surface area (Å²) in [6, 6.07) is 30.7. The van der Waals surface area contributed by atoms with Gasteiger partial charge in [-0.05, 0) is 70.8 Å². The number of aromatic nitrogens is 3. The van der Waals surface area contributed by atoms with Crippen LogP contribution in [0.25, 0.3) is 27.7 Å². The quantitative estimate of drug-likeness (QED) is 0.268. The Bertz CT molecular complexity index is 1460. The summed E-state index contributed by atoms with van der Waals surface area (Å²) in [7, 11) is 0. The van der Waals surface area contributed by atoms with Crippen LogP contribution < -0.4 is 0 Å². The minimum atomic E-state index is 0.471. The van der Waals surface area contributed by atoms with E-state index in [0.29, 0.717) is 5.92 Å². The van der Waals surface area contributed by atoms with Crippen LogP contribution in [0.4, 0.5) is 0 Å². The summed E-state index contributed by atoms with van der Waals surface area (Å²) in [6.07, 6.45) is 1.76. The Kier molecular flexibility index (Phi) is 6.02. The van der Waals surface area contributed by atoms with Gasteiger partial charge in [0.25, 0.3) is 0 Å². The van der Waals surface area contributed by atoms with Gasteiger partial charge in [0, 0.05) is 5.56 Å². The summed E-state index contributed by atoms with van der Waals surface area (Å²) in [5, 5.41) is 11.8. The number of nitrogens with zero attached hydrogens (tertiary/aromatic N) is 3. The van der Waals surface area contributed by atoms with Crippen LogP contribution >= 0.6 is 0 Å². The second kappa shape index (κ2) is 9.26. The molecular weight excluding hydrogens is 414 g/mol. The van der Waals surface area contributed by atoms with E-state index in [4.69, 9.17) is 0 Å². The van der Waals surface area contributed by atoms with Crippen LogP contribution in [-0.2, 0) is 12.8 Å². The van der Waals surface area contributed by atoms with Crippen molar-refractivity contribution in [2.75, 3.05) is 0 Å². The zero-order valence-electron chi connectivity index (χ0n) is 20.4. The van der Waals surface area contributed by atoms with Gasteiger partial charge in [0.15, 0.2) is 0 Å². The van der Waals surface area contributed by atoms with Gasteiger partial charge in [-0.15, -0.1) is 5.10 Å². The number of fused-ring (bicyclic) bond motifs is 1. The predicted octanol–water partition coefficient (Wildman–Crippen LogP) is 7.67. The summed E-state index contributed by atoms with van der Waals surface area (Å²) in [6.45, 7) is 8.77. The van der Waals surface area contributed by atoms with E-state index in [2.05, 4.69) is 123 Å². The average molecular weight is 446 g/mol. The molecule has 0 bridgehead atoms. The van der Waals surface area contributed by atoms with E-state index in [1.165, 1.54) is 33.0 Å². The number of rotatable bonds is 6. The molecular formula is C31H31N3. The standard InChI is InChI=1S/C31H31N3/c1-5-29-31(32-33-34(29)30-20-26(21(2)3)15-13-22(30)4)28-12-8-9-23(19-28)17-24-14-16-25-10-6-7-11-27(25)18-24/h6-16,18-21H,5,17H2,1-4H3. The topological polar surface area (TPSA) is 30.7 Å². The fraction of sp³-hybridized carbons (Fsp3) is 0.226. The van der Waals surface area contributed by atoms with Crippen molar-refractivity contribution < 1.29 is 0 Å². The normalized spacial score (nSPS) is 11.4. The highest BCUT2D eigenvalue weighted by Gasteiger charge is 2.17. The van der Waals surface area contributed by atoms with Crippen molar-refractivity contribution >= 4 is 10.8 Å². The molecule has 1 heterocycles. The molecule has 0 saturated carbocycles. The van der Waals surface area contributed by atoms with Gasteiger partial charge in [-0.2, -0.15) is 0 Å². The summed E-state index contributed by atoms with van der Waals surface area (Å²) < 4.78 is 2.03. The Labute approximate surface area is 202 Å². The van der Waals surface area contributed by atoms with Crippen molar-refractivity contribution in [3.05, 3.63) is 113 Å². The summed E-state index contributed by atoms with van der Waals surface area (Å²) >= 11 is 0. The Morgan fingerprint density at radius 3 is 2.38 bits per heavy atom. The van der Waals surface area contributed by atoms with E-state index in [1.807, 2.05) is 4.68 Å². The second-order valence-electron chi connectivity index (χ2n) is 9.41. The van der Waals surface area contributed by atoms with Gasteiger partial charge in [-0.3, -0.25) is 0 Å². The Balaban J connectivity index is 1.50. The van der Waals surface area contributed by atoms with Crippen LogP contribution in [-0.4, -0.2) is 15.0 Å². The first kappa shape index (κ1) is 22.1. The molecule has 0 saturated heterocycles. The van der Waals surface area contributed by atoms with E-state index in [-0.39, 0.29) is 0 Å². The van der Waals surface area contributed by atoms with Gasteiger partial charge < -0.3 is 0 Å². The number of benzene rings is 4. The number of aryl methyl sites for hydroxylation is 1. The third-order valence-electron chi connectivity index (χ3n) is 6.65. The van der Waals surface area contributed by atoms with Gasteiger partial charge in [0.2, 0.25) is 0 Å². The number of hydrogen-bond acceptors (Lipinski definition) is 2. The zero-order valence-corrected chi connectivity index (χ0v) is 20.4. The molecule has 0 amide bonds. The maximum Gasteiger partial charge on any atom is 0.116 e. The maximum atomic E-state index is 4.65. The van der Waals surface area contributed by atoms with Crippen LogP contribution in [0.3, 0.4) is 0 Å². The van der Waals surface area contributed by atoms with Crippen molar-refractivity contribution in [2.45, 2.75) is 46.5 Å². The van der Waals surface area contributed by atoms with Crippen molar-refractivity contribution in [2.24, 2.45) is 0 Å². The van der Waals surface area contributed by atoms with Crippen LogP contribution in [0.2, 0.25) is 0 Å². The van der Waals surface area contributed by atoms with Crippen LogP contribution in [0.5, 0.6) is 0 Å². The molecule has 1 aromatic heterocycles. The lowest BCUT2D eigenvalue weighted by molar-refractivity contribution is 0.758. The Hall–Kier alpha value is -3.72. The highest BCUT2D eigenvalue weighted by Crippen LogP contribution is 2.28. The van der Waals surface area contributed by atoms with Gasteiger partial charge in [-0.25, -0.2) is 4.68 Å². The molecule has 5 rings (SSSR count). The monoisotopic (exact) mass is 445 g/mol. The largest absolute Gasteiger partial charge is 0.217 e. The Morgan fingerprint density at radius 1 is 0.794 bits per heavy atom. The van der Waals surface area contributed by atoms with Crippen molar-refractivity contribution in [3.63, 3.8) is 0 Å². The lowest BCUT2D eigenvalue weighted by Gasteiger charge is -2.13. The minimum absolute atomic E-state index is 0.471. The van der Waals surface area contributed by atoms with Crippen LogP contribution in [0.15, 0.2) is 84.9 Å². The van der Waals surface area contributed by atoms with Crippen molar-refractivity contribution in [1.82, 2.24) is 15.0 Å². The average Bonchev–Trinajstić information content (AvgIpc) is 3.28. The molecule has 170 valence electrons. The first-order valence-corrected chi connectivity index (χ1v) is 12.2. The molecule has 34 heavy (non-hydrogen) atoms. The zero-order chi connectivity index (χ0) is 23.7. The third-order valence-corrected chi connectivity index (χ3v) is 6.65. The van der Waals surface area contributed by atoms with E-state index in [1.54, 1.807) is 0 Å². The molecule has 0 atom stereocenters. The van der Waals surface area contributed by atoms with E-state index in [9.17, 15) is 0 Å². The predicted molar refractivity (Wildman–Crippen MR) is 142 cm³/mol. The SMILES string of the molecule is CCc1c(-c2cccc(Cc3ccc4ccccc4c3)c2)nnn1-c1cc(C(C)C)ccc1C. The molecule has 0 unspecified atom stereocenters. The van der Waals surface area contributed by atoms with Gasteiger partial charge in [0.1, 0.15) is 5.69 Å². The molecule has 5 aromatic rings. The van der Waals surface area contributed by atoms with E-state index < -0.39 is 0 Å². The fourth-order valence-corrected chi connectivity index (χ4v) is 4.66. The highest BCUT2D eigenvalue weighted by atomic mass is 15.4. The number of hydrogen-bond donors (Lipinski definition) is 0.